The third kappa shape index (κ3) is 4.77. The highest BCUT2D eigenvalue weighted by atomic mass is 79.9. The number of amides is 1. The largest absolute Gasteiger partial charge is 0.377 e. The van der Waals surface area contributed by atoms with E-state index < -0.39 is 0 Å². The standard InChI is InChI=1S/C12H16BrNO2/c1-9(2)16-7-6-14-12(15)10-4-3-5-11(13)8-10/h3-5,8-9H,6-7H2,1-2H3,(H,14,15). The minimum atomic E-state index is -0.0753. The van der Waals surface area contributed by atoms with Gasteiger partial charge >= 0.3 is 0 Å². The van der Waals surface area contributed by atoms with Crippen LogP contribution >= 0.6 is 15.9 Å². The van der Waals surface area contributed by atoms with Gasteiger partial charge in [0.2, 0.25) is 0 Å². The highest BCUT2D eigenvalue weighted by Gasteiger charge is 2.04. The third-order valence-corrected chi connectivity index (χ3v) is 2.42. The van der Waals surface area contributed by atoms with Crippen LogP contribution in [0.25, 0.3) is 0 Å². The highest BCUT2D eigenvalue weighted by Crippen LogP contribution is 2.11. The van der Waals surface area contributed by atoms with Gasteiger partial charge in [-0.25, -0.2) is 0 Å². The third-order valence-electron chi connectivity index (χ3n) is 1.93. The highest BCUT2D eigenvalue weighted by molar-refractivity contribution is 9.10. The summed E-state index contributed by atoms with van der Waals surface area (Å²) in [7, 11) is 0. The first-order chi connectivity index (χ1) is 7.59. The number of carbonyl (C=O) groups is 1. The molecule has 0 radical (unpaired) electrons. The van der Waals surface area contributed by atoms with Crippen molar-refractivity contribution in [1.82, 2.24) is 5.32 Å². The average molecular weight is 286 g/mol. The van der Waals surface area contributed by atoms with E-state index in [9.17, 15) is 4.79 Å². The van der Waals surface area contributed by atoms with Crippen LogP contribution in [0.15, 0.2) is 28.7 Å². The molecule has 0 atom stereocenters. The first-order valence-corrected chi connectivity index (χ1v) is 6.04. The molecule has 1 aromatic carbocycles. The Balaban J connectivity index is 2.35. The fourth-order valence-electron chi connectivity index (χ4n) is 1.19. The molecule has 4 heteroatoms. The Morgan fingerprint density at radius 1 is 1.50 bits per heavy atom. The van der Waals surface area contributed by atoms with Crippen LogP contribution in [0.4, 0.5) is 0 Å². The quantitative estimate of drug-likeness (QED) is 0.845. The van der Waals surface area contributed by atoms with Crippen LogP contribution in [0.1, 0.15) is 24.2 Å². The second kappa shape index (κ2) is 6.66. The molecule has 0 aromatic heterocycles. The van der Waals surface area contributed by atoms with Crippen molar-refractivity contribution in [3.05, 3.63) is 34.3 Å². The molecule has 0 aliphatic carbocycles. The number of benzene rings is 1. The lowest BCUT2D eigenvalue weighted by Crippen LogP contribution is -2.28. The van der Waals surface area contributed by atoms with Gasteiger partial charge in [0.15, 0.2) is 0 Å². The predicted octanol–water partition coefficient (Wildman–Crippen LogP) is 2.60. The molecular weight excluding hydrogens is 270 g/mol. The monoisotopic (exact) mass is 285 g/mol. The van der Waals surface area contributed by atoms with Gasteiger partial charge in [0.25, 0.3) is 5.91 Å². The Labute approximate surface area is 104 Å². The summed E-state index contributed by atoms with van der Waals surface area (Å²) in [6.45, 7) is 5.01. The number of nitrogens with one attached hydrogen (secondary N) is 1. The minimum absolute atomic E-state index is 0.0753. The molecular formula is C12H16BrNO2. The van der Waals surface area contributed by atoms with Gasteiger partial charge in [-0.05, 0) is 32.0 Å². The van der Waals surface area contributed by atoms with Crippen LogP contribution in [-0.2, 0) is 4.74 Å². The first kappa shape index (κ1) is 13.2. The molecule has 0 fully saturated rings. The maximum absolute atomic E-state index is 11.7. The van der Waals surface area contributed by atoms with Crippen LogP contribution < -0.4 is 5.32 Å². The zero-order valence-electron chi connectivity index (χ0n) is 9.50. The van der Waals surface area contributed by atoms with E-state index in [1.54, 1.807) is 12.1 Å². The number of ether oxygens (including phenoxy) is 1. The molecule has 0 unspecified atom stereocenters. The van der Waals surface area contributed by atoms with Crippen LogP contribution in [0.5, 0.6) is 0 Å². The van der Waals surface area contributed by atoms with Crippen molar-refractivity contribution in [2.75, 3.05) is 13.2 Å². The fourth-order valence-corrected chi connectivity index (χ4v) is 1.59. The van der Waals surface area contributed by atoms with Gasteiger partial charge in [-0.1, -0.05) is 22.0 Å². The van der Waals surface area contributed by atoms with Crippen molar-refractivity contribution >= 4 is 21.8 Å². The van der Waals surface area contributed by atoms with Crippen LogP contribution in [-0.4, -0.2) is 25.2 Å². The van der Waals surface area contributed by atoms with Crippen molar-refractivity contribution in [2.45, 2.75) is 20.0 Å². The summed E-state index contributed by atoms with van der Waals surface area (Å²) in [4.78, 5) is 11.7. The number of carbonyl (C=O) groups excluding carboxylic acids is 1. The van der Waals surface area contributed by atoms with E-state index in [1.807, 2.05) is 26.0 Å². The summed E-state index contributed by atoms with van der Waals surface area (Å²) in [6.07, 6.45) is 0.197. The summed E-state index contributed by atoms with van der Waals surface area (Å²) >= 11 is 3.33. The van der Waals surface area contributed by atoms with Gasteiger partial charge in [-0.15, -0.1) is 0 Å². The molecule has 0 bridgehead atoms. The smallest absolute Gasteiger partial charge is 0.251 e. The number of rotatable bonds is 5. The number of hydrogen-bond donors (Lipinski definition) is 1. The van der Waals surface area contributed by atoms with E-state index in [0.717, 1.165) is 4.47 Å². The van der Waals surface area contributed by atoms with Crippen molar-refractivity contribution in [3.8, 4) is 0 Å². The number of halogens is 1. The molecule has 0 aliphatic rings. The molecule has 1 aromatic rings. The molecule has 0 heterocycles. The van der Waals surface area contributed by atoms with E-state index in [4.69, 9.17) is 4.74 Å². The molecule has 0 aliphatic heterocycles. The summed E-state index contributed by atoms with van der Waals surface area (Å²) in [6, 6.07) is 7.30. The van der Waals surface area contributed by atoms with Crippen LogP contribution in [0.3, 0.4) is 0 Å². The van der Waals surface area contributed by atoms with Gasteiger partial charge in [0.05, 0.1) is 12.7 Å². The molecule has 0 spiro atoms. The van der Waals surface area contributed by atoms with Gasteiger partial charge < -0.3 is 10.1 Å². The molecule has 1 N–H and O–H groups in total. The van der Waals surface area contributed by atoms with Gasteiger partial charge in [-0.3, -0.25) is 4.79 Å². The van der Waals surface area contributed by atoms with Crippen molar-refractivity contribution < 1.29 is 9.53 Å². The van der Waals surface area contributed by atoms with E-state index in [-0.39, 0.29) is 12.0 Å². The van der Waals surface area contributed by atoms with Crippen molar-refractivity contribution in [2.24, 2.45) is 0 Å². The first-order valence-electron chi connectivity index (χ1n) is 5.25. The zero-order valence-corrected chi connectivity index (χ0v) is 11.1. The zero-order chi connectivity index (χ0) is 12.0. The SMILES string of the molecule is CC(C)OCCNC(=O)c1cccc(Br)c1. The molecule has 16 heavy (non-hydrogen) atoms. The van der Waals surface area contributed by atoms with Crippen molar-refractivity contribution in [3.63, 3.8) is 0 Å². The Hall–Kier alpha value is -0.870. The molecule has 3 nitrogen and oxygen atoms in total. The molecule has 0 saturated carbocycles. The maximum Gasteiger partial charge on any atom is 0.251 e. The topological polar surface area (TPSA) is 38.3 Å². The lowest BCUT2D eigenvalue weighted by Gasteiger charge is -2.08. The summed E-state index contributed by atoms with van der Waals surface area (Å²) in [5, 5.41) is 2.80. The minimum Gasteiger partial charge on any atom is -0.377 e. The second-order valence-corrected chi connectivity index (χ2v) is 4.60. The lowest BCUT2D eigenvalue weighted by atomic mass is 10.2. The van der Waals surface area contributed by atoms with Crippen LogP contribution in [0.2, 0.25) is 0 Å². The summed E-state index contributed by atoms with van der Waals surface area (Å²) < 4.78 is 6.23. The van der Waals surface area contributed by atoms with Gasteiger partial charge in [0.1, 0.15) is 0 Å². The lowest BCUT2D eigenvalue weighted by molar-refractivity contribution is 0.0746. The van der Waals surface area contributed by atoms with E-state index in [0.29, 0.717) is 18.7 Å². The Morgan fingerprint density at radius 2 is 2.25 bits per heavy atom. The van der Waals surface area contributed by atoms with E-state index >= 15 is 0 Å². The average Bonchev–Trinajstić information content (AvgIpc) is 2.24. The van der Waals surface area contributed by atoms with Crippen LogP contribution in [0, 0.1) is 0 Å². The van der Waals surface area contributed by atoms with E-state index in [1.165, 1.54) is 0 Å². The molecule has 1 amide bonds. The Bertz CT molecular complexity index is 353. The Kier molecular flexibility index (Phi) is 5.49. The molecule has 0 saturated heterocycles. The Morgan fingerprint density at radius 3 is 2.88 bits per heavy atom. The fraction of sp³-hybridized carbons (Fsp3) is 0.417. The maximum atomic E-state index is 11.7. The molecule has 88 valence electrons. The normalized spacial score (nSPS) is 10.5. The van der Waals surface area contributed by atoms with Crippen molar-refractivity contribution in [1.29, 1.82) is 0 Å². The predicted molar refractivity (Wildman–Crippen MR) is 67.6 cm³/mol. The van der Waals surface area contributed by atoms with Gasteiger partial charge in [-0.2, -0.15) is 0 Å². The molecule has 1 rings (SSSR count). The second-order valence-electron chi connectivity index (χ2n) is 3.69. The summed E-state index contributed by atoms with van der Waals surface area (Å²) in [5.41, 5.74) is 0.652. The van der Waals surface area contributed by atoms with E-state index in [2.05, 4.69) is 21.2 Å². The number of hydrogen-bond acceptors (Lipinski definition) is 2. The summed E-state index contributed by atoms with van der Waals surface area (Å²) in [5.74, 6) is -0.0753. The van der Waals surface area contributed by atoms with Gasteiger partial charge in [0, 0.05) is 16.6 Å².